The fourth-order valence-electron chi connectivity index (χ4n) is 2.13. The van der Waals surface area contributed by atoms with Crippen LogP contribution in [0.3, 0.4) is 0 Å². The summed E-state index contributed by atoms with van der Waals surface area (Å²) in [6.45, 7) is 1.58. The SMILES string of the molecule is C[C@H](N)C(=O)N[C@@H](C)C(=O)NCC(=O)NCC(=O)N[C@@H](C)C(=O)NCC(=O)NCC(=O)NCC(=O)O. The fourth-order valence-corrected chi connectivity index (χ4v) is 2.13. The van der Waals surface area contributed by atoms with Crippen molar-refractivity contribution in [2.45, 2.75) is 38.9 Å². The number of carbonyl (C=O) groups is 8. The highest BCUT2D eigenvalue weighted by Gasteiger charge is 2.19. The summed E-state index contributed by atoms with van der Waals surface area (Å²) in [5, 5.41) is 24.0. The topological polar surface area (TPSA) is 267 Å². The Morgan fingerprint density at radius 1 is 0.556 bits per heavy atom. The molecule has 7 amide bonds. The van der Waals surface area contributed by atoms with E-state index in [0.29, 0.717) is 0 Å². The quantitative estimate of drug-likeness (QED) is 0.0994. The van der Waals surface area contributed by atoms with Gasteiger partial charge in [-0.2, -0.15) is 0 Å². The number of carboxylic acids is 1. The molecular formula is C19H32N8O9. The molecule has 0 rings (SSSR count). The zero-order chi connectivity index (χ0) is 27.8. The maximum atomic E-state index is 12.0. The Morgan fingerprint density at radius 3 is 1.33 bits per heavy atom. The molecule has 202 valence electrons. The monoisotopic (exact) mass is 516 g/mol. The van der Waals surface area contributed by atoms with Crippen LogP contribution in [0.25, 0.3) is 0 Å². The number of nitrogens with two attached hydrogens (primary N) is 1. The summed E-state index contributed by atoms with van der Waals surface area (Å²) < 4.78 is 0. The Kier molecular flexibility index (Phi) is 14.4. The molecule has 0 aliphatic rings. The van der Waals surface area contributed by atoms with Gasteiger partial charge >= 0.3 is 5.97 Å². The normalized spacial score (nSPS) is 12.6. The second kappa shape index (κ2) is 16.4. The van der Waals surface area contributed by atoms with Gasteiger partial charge in [-0.25, -0.2) is 0 Å². The highest BCUT2D eigenvalue weighted by molar-refractivity contribution is 5.94. The van der Waals surface area contributed by atoms with Crippen molar-refractivity contribution >= 4 is 47.3 Å². The minimum absolute atomic E-state index is 0.468. The highest BCUT2D eigenvalue weighted by Crippen LogP contribution is 1.85. The Hall–Kier alpha value is -4.28. The second-order valence-electron chi connectivity index (χ2n) is 7.47. The fraction of sp³-hybridized carbons (Fsp3) is 0.579. The molecule has 17 nitrogen and oxygen atoms in total. The van der Waals surface area contributed by atoms with Crippen molar-refractivity contribution in [1.82, 2.24) is 37.2 Å². The van der Waals surface area contributed by atoms with Crippen molar-refractivity contribution in [1.29, 1.82) is 0 Å². The molecule has 0 saturated carbocycles. The summed E-state index contributed by atoms with van der Waals surface area (Å²) in [7, 11) is 0. The molecule has 0 bridgehead atoms. The molecule has 0 heterocycles. The molecule has 0 aliphatic heterocycles. The Bertz CT molecular complexity index is 862. The first kappa shape index (κ1) is 31.7. The third kappa shape index (κ3) is 14.8. The maximum absolute atomic E-state index is 12.0. The molecule has 0 aromatic heterocycles. The Balaban J connectivity index is 4.18. The van der Waals surface area contributed by atoms with Gasteiger partial charge < -0.3 is 48.1 Å². The van der Waals surface area contributed by atoms with E-state index < -0.39 is 98.2 Å². The Morgan fingerprint density at radius 2 is 0.917 bits per heavy atom. The predicted molar refractivity (Wildman–Crippen MR) is 122 cm³/mol. The van der Waals surface area contributed by atoms with E-state index >= 15 is 0 Å². The van der Waals surface area contributed by atoms with Crippen molar-refractivity contribution in [3.63, 3.8) is 0 Å². The van der Waals surface area contributed by atoms with Crippen LogP contribution in [0.2, 0.25) is 0 Å². The molecule has 17 heteroatoms. The van der Waals surface area contributed by atoms with Crippen LogP contribution in [-0.4, -0.2) is 103 Å². The van der Waals surface area contributed by atoms with Crippen molar-refractivity contribution in [2.24, 2.45) is 5.73 Å². The lowest BCUT2D eigenvalue weighted by molar-refractivity contribution is -0.138. The zero-order valence-electron chi connectivity index (χ0n) is 20.1. The van der Waals surface area contributed by atoms with Gasteiger partial charge in [0.15, 0.2) is 0 Å². The van der Waals surface area contributed by atoms with Crippen LogP contribution in [0.1, 0.15) is 20.8 Å². The van der Waals surface area contributed by atoms with Crippen LogP contribution in [-0.2, 0) is 38.4 Å². The van der Waals surface area contributed by atoms with Crippen molar-refractivity contribution in [3.8, 4) is 0 Å². The average molecular weight is 517 g/mol. The summed E-state index contributed by atoms with van der Waals surface area (Å²) in [6, 6.07) is -2.82. The maximum Gasteiger partial charge on any atom is 0.322 e. The molecule has 0 aromatic carbocycles. The zero-order valence-corrected chi connectivity index (χ0v) is 20.1. The van der Waals surface area contributed by atoms with Gasteiger partial charge in [0.25, 0.3) is 0 Å². The van der Waals surface area contributed by atoms with Crippen LogP contribution in [0.5, 0.6) is 0 Å². The van der Waals surface area contributed by atoms with Crippen molar-refractivity contribution in [3.05, 3.63) is 0 Å². The number of rotatable bonds is 15. The predicted octanol–water partition coefficient (Wildman–Crippen LogP) is -5.99. The average Bonchev–Trinajstić information content (AvgIpc) is 2.81. The largest absolute Gasteiger partial charge is 0.480 e. The number of hydrogen-bond donors (Lipinski definition) is 9. The number of carboxylic acid groups (broad SMARTS) is 1. The van der Waals surface area contributed by atoms with Gasteiger partial charge in [-0.05, 0) is 20.8 Å². The van der Waals surface area contributed by atoms with Gasteiger partial charge in [-0.3, -0.25) is 38.4 Å². The molecule has 36 heavy (non-hydrogen) atoms. The lowest BCUT2D eigenvalue weighted by Crippen LogP contribution is -2.52. The van der Waals surface area contributed by atoms with Gasteiger partial charge in [-0.1, -0.05) is 0 Å². The van der Waals surface area contributed by atoms with Crippen molar-refractivity contribution in [2.75, 3.05) is 32.7 Å². The van der Waals surface area contributed by atoms with Crippen LogP contribution in [0, 0.1) is 0 Å². The first-order chi connectivity index (χ1) is 16.7. The summed E-state index contributed by atoms with van der Waals surface area (Å²) in [6.07, 6.45) is 0. The van der Waals surface area contributed by atoms with E-state index in [1.54, 1.807) is 0 Å². The standard InChI is InChI=1S/C19H32N8O9/c1-9(20)17(34)27-11(3)19(36)25-6-14(30)22-7-15(31)26-10(2)18(35)24-5-13(29)21-4-12(28)23-8-16(32)33/h9-11H,4-8,20H2,1-3H3,(H,21,29)(H,22,30)(H,23,28)(H,24,35)(H,25,36)(H,26,31)(H,27,34)(H,32,33)/t9-,10-,11-/m0/s1. The second-order valence-corrected chi connectivity index (χ2v) is 7.47. The van der Waals surface area contributed by atoms with Crippen molar-refractivity contribution < 1.29 is 43.5 Å². The first-order valence-electron chi connectivity index (χ1n) is 10.7. The first-order valence-corrected chi connectivity index (χ1v) is 10.7. The van der Waals surface area contributed by atoms with Gasteiger partial charge in [-0.15, -0.1) is 0 Å². The van der Waals surface area contributed by atoms with Crippen LogP contribution in [0.15, 0.2) is 0 Å². The van der Waals surface area contributed by atoms with E-state index in [1.807, 2.05) is 5.32 Å². The van der Waals surface area contributed by atoms with Crippen LogP contribution < -0.4 is 43.0 Å². The smallest absolute Gasteiger partial charge is 0.322 e. The van der Waals surface area contributed by atoms with Gasteiger partial charge in [0.1, 0.15) is 18.6 Å². The van der Waals surface area contributed by atoms with E-state index in [1.165, 1.54) is 20.8 Å². The lowest BCUT2D eigenvalue weighted by Gasteiger charge is -2.16. The molecule has 3 atom stereocenters. The number of hydrogen-bond acceptors (Lipinski definition) is 9. The summed E-state index contributed by atoms with van der Waals surface area (Å²) in [5.74, 6) is -6.05. The number of carbonyl (C=O) groups excluding carboxylic acids is 7. The van der Waals surface area contributed by atoms with E-state index in [-0.39, 0.29) is 0 Å². The summed E-state index contributed by atoms with van der Waals surface area (Å²) >= 11 is 0. The van der Waals surface area contributed by atoms with Gasteiger partial charge in [0, 0.05) is 0 Å². The van der Waals surface area contributed by atoms with E-state index in [2.05, 4.69) is 31.9 Å². The van der Waals surface area contributed by atoms with E-state index in [4.69, 9.17) is 10.8 Å². The van der Waals surface area contributed by atoms with Crippen LogP contribution in [0.4, 0.5) is 0 Å². The molecule has 0 radical (unpaired) electrons. The van der Waals surface area contributed by atoms with Gasteiger partial charge in [0.2, 0.25) is 41.4 Å². The molecule has 10 N–H and O–H groups in total. The number of nitrogens with one attached hydrogen (secondary N) is 7. The minimum atomic E-state index is -1.25. The van der Waals surface area contributed by atoms with E-state index in [0.717, 1.165) is 0 Å². The molecule has 0 aliphatic carbocycles. The highest BCUT2D eigenvalue weighted by atomic mass is 16.4. The molecular weight excluding hydrogens is 484 g/mol. The Labute approximate surface area is 206 Å². The summed E-state index contributed by atoms with van der Waals surface area (Å²) in [4.78, 5) is 92.2. The third-order valence-corrected chi connectivity index (χ3v) is 4.11. The number of aliphatic carboxylic acids is 1. The minimum Gasteiger partial charge on any atom is -0.480 e. The molecule has 0 aromatic rings. The molecule has 0 unspecified atom stereocenters. The lowest BCUT2D eigenvalue weighted by atomic mass is 10.2. The molecule has 0 spiro atoms. The molecule has 0 saturated heterocycles. The van der Waals surface area contributed by atoms with E-state index in [9.17, 15) is 38.4 Å². The van der Waals surface area contributed by atoms with Gasteiger partial charge in [0.05, 0.1) is 32.2 Å². The summed E-state index contributed by atoms with van der Waals surface area (Å²) in [5.41, 5.74) is 5.38. The number of amides is 7. The van der Waals surface area contributed by atoms with Crippen LogP contribution >= 0.6 is 0 Å². The third-order valence-electron chi connectivity index (χ3n) is 4.11. The molecule has 0 fully saturated rings.